The van der Waals surface area contributed by atoms with Crippen LogP contribution in [0.3, 0.4) is 0 Å². The molecule has 30 heavy (non-hydrogen) atoms. The molecule has 1 aliphatic rings. The normalized spacial score (nSPS) is 16.8. The average Bonchev–Trinajstić information content (AvgIpc) is 3.14. The third-order valence-corrected chi connectivity index (χ3v) is 5.08. The number of carbonyl (C=O) groups is 3. The van der Waals surface area contributed by atoms with E-state index in [1.165, 1.54) is 18.9 Å². The van der Waals surface area contributed by atoms with Gasteiger partial charge < -0.3 is 19.7 Å². The number of carbonyl (C=O) groups excluding carboxylic acids is 3. The Morgan fingerprint density at radius 2 is 1.87 bits per heavy atom. The molecule has 1 saturated heterocycles. The first kappa shape index (κ1) is 21.4. The minimum Gasteiger partial charge on any atom is -0.495 e. The van der Waals surface area contributed by atoms with Crippen LogP contribution in [0.2, 0.25) is 0 Å². The highest BCUT2D eigenvalue weighted by molar-refractivity contribution is 6.00. The maximum absolute atomic E-state index is 12.5. The molecule has 1 heterocycles. The van der Waals surface area contributed by atoms with Crippen molar-refractivity contribution in [2.24, 2.45) is 5.92 Å². The van der Waals surface area contributed by atoms with Gasteiger partial charge in [0.15, 0.2) is 6.10 Å². The third kappa shape index (κ3) is 4.97. The zero-order chi connectivity index (χ0) is 21.7. The number of hydrogen-bond donors (Lipinski definition) is 1. The number of anilines is 1. The van der Waals surface area contributed by atoms with Gasteiger partial charge in [-0.1, -0.05) is 42.0 Å². The molecule has 3 rings (SSSR count). The topological polar surface area (TPSA) is 84.9 Å². The number of nitrogens with one attached hydrogen (secondary N) is 1. The fraction of sp³-hybridized carbons (Fsp3) is 0.348. The Balaban J connectivity index is 1.54. The van der Waals surface area contributed by atoms with Crippen molar-refractivity contribution in [1.29, 1.82) is 0 Å². The van der Waals surface area contributed by atoms with Gasteiger partial charge in [-0.15, -0.1) is 0 Å². The van der Waals surface area contributed by atoms with Gasteiger partial charge in [-0.3, -0.25) is 14.4 Å². The lowest BCUT2D eigenvalue weighted by Crippen LogP contribution is -2.37. The molecular formula is C23H26N2O5. The van der Waals surface area contributed by atoms with Crippen molar-refractivity contribution in [2.75, 3.05) is 18.6 Å². The molecule has 1 fully saturated rings. The molecule has 0 bridgehead atoms. The molecule has 1 N–H and O–H groups in total. The maximum Gasteiger partial charge on any atom is 0.312 e. The Kier molecular flexibility index (Phi) is 6.72. The van der Waals surface area contributed by atoms with Gasteiger partial charge in [0.05, 0.1) is 18.7 Å². The van der Waals surface area contributed by atoms with E-state index in [0.29, 0.717) is 18.0 Å². The SMILES string of the molecule is COc1ccccc1N1C[C@@H](C(=O)O[C@H](C)C(=O)NCc2ccc(C)cc2)CC1=O. The van der Waals surface area contributed by atoms with Crippen LogP contribution in [0.1, 0.15) is 24.5 Å². The number of rotatable bonds is 7. The summed E-state index contributed by atoms with van der Waals surface area (Å²) in [4.78, 5) is 38.8. The molecule has 0 aromatic heterocycles. The first-order valence-corrected chi connectivity index (χ1v) is 9.86. The summed E-state index contributed by atoms with van der Waals surface area (Å²) in [5, 5.41) is 2.76. The Bertz CT molecular complexity index is 925. The first-order chi connectivity index (χ1) is 14.4. The van der Waals surface area contributed by atoms with Crippen LogP contribution >= 0.6 is 0 Å². The molecule has 0 spiro atoms. The van der Waals surface area contributed by atoms with Crippen LogP contribution in [0.5, 0.6) is 5.75 Å². The summed E-state index contributed by atoms with van der Waals surface area (Å²) < 4.78 is 10.6. The average molecular weight is 410 g/mol. The fourth-order valence-electron chi connectivity index (χ4n) is 3.31. The molecule has 2 atom stereocenters. The predicted molar refractivity (Wildman–Crippen MR) is 112 cm³/mol. The number of hydrogen-bond acceptors (Lipinski definition) is 5. The van der Waals surface area contributed by atoms with Crippen molar-refractivity contribution < 1.29 is 23.9 Å². The van der Waals surface area contributed by atoms with Gasteiger partial charge in [-0.25, -0.2) is 0 Å². The van der Waals surface area contributed by atoms with Crippen molar-refractivity contribution >= 4 is 23.5 Å². The van der Waals surface area contributed by atoms with Crippen LogP contribution in [0.15, 0.2) is 48.5 Å². The second-order valence-electron chi connectivity index (χ2n) is 7.36. The molecular weight excluding hydrogens is 384 g/mol. The zero-order valence-electron chi connectivity index (χ0n) is 17.4. The van der Waals surface area contributed by atoms with Gasteiger partial charge in [0.1, 0.15) is 5.75 Å². The Hall–Kier alpha value is -3.35. The molecule has 2 aromatic rings. The summed E-state index contributed by atoms with van der Waals surface area (Å²) in [6.45, 7) is 4.06. The summed E-state index contributed by atoms with van der Waals surface area (Å²) in [7, 11) is 1.53. The number of methoxy groups -OCH3 is 1. The highest BCUT2D eigenvalue weighted by Gasteiger charge is 2.38. The third-order valence-electron chi connectivity index (χ3n) is 5.08. The maximum atomic E-state index is 12.5. The van der Waals surface area contributed by atoms with Crippen molar-refractivity contribution in [3.63, 3.8) is 0 Å². The quantitative estimate of drug-likeness (QED) is 0.710. The van der Waals surface area contributed by atoms with Crippen molar-refractivity contribution in [3.05, 3.63) is 59.7 Å². The molecule has 0 radical (unpaired) electrons. The summed E-state index contributed by atoms with van der Waals surface area (Å²) in [6, 6.07) is 14.9. The monoisotopic (exact) mass is 410 g/mol. The van der Waals surface area contributed by atoms with E-state index in [1.807, 2.05) is 37.3 Å². The van der Waals surface area contributed by atoms with Crippen LogP contribution in [-0.2, 0) is 25.7 Å². The number of para-hydroxylation sites is 2. The second-order valence-corrected chi connectivity index (χ2v) is 7.36. The Morgan fingerprint density at radius 3 is 2.57 bits per heavy atom. The first-order valence-electron chi connectivity index (χ1n) is 9.86. The number of aryl methyl sites for hydroxylation is 1. The minimum atomic E-state index is -0.946. The van der Waals surface area contributed by atoms with Crippen LogP contribution in [0.4, 0.5) is 5.69 Å². The number of ether oxygens (including phenoxy) is 2. The number of esters is 1. The van der Waals surface area contributed by atoms with Crippen molar-refractivity contribution in [3.8, 4) is 5.75 Å². The second kappa shape index (κ2) is 9.43. The summed E-state index contributed by atoms with van der Waals surface area (Å²) in [5.41, 5.74) is 2.71. The largest absolute Gasteiger partial charge is 0.495 e. The molecule has 2 aromatic carbocycles. The number of nitrogens with zero attached hydrogens (tertiary/aromatic N) is 1. The van der Waals surface area contributed by atoms with Gasteiger partial charge in [0, 0.05) is 19.5 Å². The molecule has 1 aliphatic heterocycles. The fourth-order valence-corrected chi connectivity index (χ4v) is 3.31. The molecule has 2 amide bonds. The molecule has 0 unspecified atom stereocenters. The summed E-state index contributed by atoms with van der Waals surface area (Å²) >= 11 is 0. The standard InChI is InChI=1S/C23H26N2O5/c1-15-8-10-17(11-9-15)13-24-22(27)16(2)30-23(28)18-12-21(26)25(14-18)19-6-4-5-7-20(19)29-3/h4-11,16,18H,12-14H2,1-3H3,(H,24,27)/t16-,18+/m1/s1. The van der Waals surface area contributed by atoms with Crippen LogP contribution < -0.4 is 15.0 Å². The minimum absolute atomic E-state index is 0.0363. The van der Waals surface area contributed by atoms with Gasteiger partial charge in [-0.05, 0) is 31.5 Å². The van der Waals surface area contributed by atoms with Gasteiger partial charge >= 0.3 is 5.97 Å². The van der Waals surface area contributed by atoms with E-state index in [2.05, 4.69) is 5.32 Å². The van der Waals surface area contributed by atoms with E-state index in [0.717, 1.165) is 11.1 Å². The van der Waals surface area contributed by atoms with Crippen LogP contribution in [0.25, 0.3) is 0 Å². The van der Waals surface area contributed by atoms with Crippen LogP contribution in [-0.4, -0.2) is 37.5 Å². The van der Waals surface area contributed by atoms with E-state index < -0.39 is 18.0 Å². The number of benzene rings is 2. The van der Waals surface area contributed by atoms with Gasteiger partial charge in [-0.2, -0.15) is 0 Å². The summed E-state index contributed by atoms with van der Waals surface area (Å²) in [6.07, 6.45) is -0.910. The smallest absolute Gasteiger partial charge is 0.312 e. The molecule has 0 saturated carbocycles. The van der Waals surface area contributed by atoms with E-state index in [4.69, 9.17) is 9.47 Å². The molecule has 7 heteroatoms. The van der Waals surface area contributed by atoms with E-state index in [9.17, 15) is 14.4 Å². The van der Waals surface area contributed by atoms with Crippen molar-refractivity contribution in [1.82, 2.24) is 5.32 Å². The highest BCUT2D eigenvalue weighted by Crippen LogP contribution is 2.33. The molecule has 0 aliphatic carbocycles. The zero-order valence-corrected chi connectivity index (χ0v) is 17.4. The van der Waals surface area contributed by atoms with E-state index >= 15 is 0 Å². The summed E-state index contributed by atoms with van der Waals surface area (Å²) in [5.74, 6) is -1.19. The number of amides is 2. The van der Waals surface area contributed by atoms with Crippen LogP contribution in [0, 0.1) is 12.8 Å². The van der Waals surface area contributed by atoms with Crippen molar-refractivity contribution in [2.45, 2.75) is 32.9 Å². The highest BCUT2D eigenvalue weighted by atomic mass is 16.5. The van der Waals surface area contributed by atoms with Gasteiger partial charge in [0.2, 0.25) is 5.91 Å². The lowest BCUT2D eigenvalue weighted by molar-refractivity contribution is -0.158. The lowest BCUT2D eigenvalue weighted by Gasteiger charge is -2.20. The Labute approximate surface area is 176 Å². The molecule has 158 valence electrons. The van der Waals surface area contributed by atoms with E-state index in [1.54, 1.807) is 18.2 Å². The predicted octanol–water partition coefficient (Wildman–Crippen LogP) is 2.60. The Morgan fingerprint density at radius 1 is 1.17 bits per heavy atom. The lowest BCUT2D eigenvalue weighted by atomic mass is 10.1. The van der Waals surface area contributed by atoms with Gasteiger partial charge in [0.25, 0.3) is 5.91 Å². The van der Waals surface area contributed by atoms with E-state index in [-0.39, 0.29) is 24.8 Å². The molecule has 7 nitrogen and oxygen atoms in total.